The zero-order valence-corrected chi connectivity index (χ0v) is 15.2. The van der Waals surface area contributed by atoms with Crippen molar-refractivity contribution >= 4 is 17.5 Å². The second-order valence-electron chi connectivity index (χ2n) is 6.23. The fourth-order valence-electron chi connectivity index (χ4n) is 2.70. The van der Waals surface area contributed by atoms with Gasteiger partial charge in [0.15, 0.2) is 0 Å². The highest BCUT2D eigenvalue weighted by atomic mass is 16.1. The molecule has 24 heavy (non-hydrogen) atoms. The molecule has 5 heteroatoms. The molecule has 0 fully saturated rings. The predicted octanol–water partition coefficient (Wildman–Crippen LogP) is 4.17. The molecule has 128 valence electrons. The largest absolute Gasteiger partial charge is 0.354 e. The third kappa shape index (κ3) is 4.54. The molecule has 2 rings (SSSR count). The molecular formula is C19H26N4O. The van der Waals surface area contributed by atoms with Gasteiger partial charge >= 0.3 is 0 Å². The fraction of sp³-hybridized carbons (Fsp3) is 0.421. The van der Waals surface area contributed by atoms with Crippen LogP contribution in [0.2, 0.25) is 0 Å². The number of nitrogens with one attached hydrogen (secondary N) is 2. The summed E-state index contributed by atoms with van der Waals surface area (Å²) in [5.41, 5.74) is 5.28. The molecule has 2 N–H and O–H groups in total. The van der Waals surface area contributed by atoms with Gasteiger partial charge in [0.05, 0.1) is 0 Å². The summed E-state index contributed by atoms with van der Waals surface area (Å²) in [5, 5.41) is 6.16. The number of aromatic nitrogens is 2. The quantitative estimate of drug-likeness (QED) is 0.782. The van der Waals surface area contributed by atoms with Gasteiger partial charge in [-0.2, -0.15) is 0 Å². The van der Waals surface area contributed by atoms with Crippen molar-refractivity contribution in [1.29, 1.82) is 0 Å². The van der Waals surface area contributed by atoms with Crippen molar-refractivity contribution in [2.75, 3.05) is 17.2 Å². The molecule has 0 radical (unpaired) electrons. The summed E-state index contributed by atoms with van der Waals surface area (Å²) >= 11 is 0. The third-order valence-corrected chi connectivity index (χ3v) is 3.82. The Kier molecular flexibility index (Phi) is 5.90. The number of anilines is 2. The van der Waals surface area contributed by atoms with E-state index in [9.17, 15) is 4.79 Å². The van der Waals surface area contributed by atoms with E-state index in [-0.39, 0.29) is 5.91 Å². The number of carbonyl (C=O) groups is 1. The van der Waals surface area contributed by atoms with Crippen molar-refractivity contribution in [3.63, 3.8) is 0 Å². The molecular weight excluding hydrogens is 300 g/mol. The highest BCUT2D eigenvalue weighted by molar-refractivity contribution is 6.04. The lowest BCUT2D eigenvalue weighted by Crippen LogP contribution is -2.17. The summed E-state index contributed by atoms with van der Waals surface area (Å²) in [4.78, 5) is 21.3. The number of hydrogen-bond acceptors (Lipinski definition) is 4. The minimum absolute atomic E-state index is 0.214. The minimum Gasteiger partial charge on any atom is -0.354 e. The van der Waals surface area contributed by atoms with E-state index in [1.165, 1.54) is 5.56 Å². The lowest BCUT2D eigenvalue weighted by Gasteiger charge is -2.13. The lowest BCUT2D eigenvalue weighted by atomic mass is 10.0. The van der Waals surface area contributed by atoms with Crippen molar-refractivity contribution in [2.24, 2.45) is 0 Å². The molecule has 0 aliphatic carbocycles. The Morgan fingerprint density at radius 1 is 1.04 bits per heavy atom. The fourth-order valence-corrected chi connectivity index (χ4v) is 2.70. The Bertz CT molecular complexity index is 717. The first-order valence-electron chi connectivity index (χ1n) is 8.39. The van der Waals surface area contributed by atoms with Crippen molar-refractivity contribution in [2.45, 2.75) is 47.5 Å². The van der Waals surface area contributed by atoms with Crippen LogP contribution in [0.4, 0.5) is 11.6 Å². The zero-order valence-electron chi connectivity index (χ0n) is 15.2. The molecule has 0 unspecified atom stereocenters. The molecule has 0 aliphatic heterocycles. The van der Waals surface area contributed by atoms with Crippen molar-refractivity contribution in [1.82, 2.24) is 9.97 Å². The Morgan fingerprint density at radius 2 is 1.71 bits per heavy atom. The molecule has 1 amide bonds. The monoisotopic (exact) mass is 326 g/mol. The number of rotatable bonds is 6. The SMILES string of the molecule is CCCCNc1nc(C)cc(C(=O)Nc2c(C)cc(C)cc2C)n1. The topological polar surface area (TPSA) is 66.9 Å². The van der Waals surface area contributed by atoms with Crippen LogP contribution >= 0.6 is 0 Å². The smallest absolute Gasteiger partial charge is 0.274 e. The average molecular weight is 326 g/mol. The normalized spacial score (nSPS) is 10.5. The predicted molar refractivity (Wildman–Crippen MR) is 98.8 cm³/mol. The summed E-state index contributed by atoms with van der Waals surface area (Å²) in [6.45, 7) is 10.8. The first kappa shape index (κ1) is 17.9. The Labute approximate surface area is 143 Å². The summed E-state index contributed by atoms with van der Waals surface area (Å²) in [7, 11) is 0. The number of hydrogen-bond donors (Lipinski definition) is 2. The minimum atomic E-state index is -0.214. The first-order valence-corrected chi connectivity index (χ1v) is 8.39. The third-order valence-electron chi connectivity index (χ3n) is 3.82. The van der Waals surface area contributed by atoms with Gasteiger partial charge in [-0.1, -0.05) is 31.0 Å². The van der Waals surface area contributed by atoms with Gasteiger partial charge < -0.3 is 10.6 Å². The van der Waals surface area contributed by atoms with Gasteiger partial charge in [0.1, 0.15) is 5.69 Å². The Balaban J connectivity index is 2.21. The lowest BCUT2D eigenvalue weighted by molar-refractivity contribution is 0.102. The molecule has 5 nitrogen and oxygen atoms in total. The van der Waals surface area contributed by atoms with Crippen LogP contribution < -0.4 is 10.6 Å². The van der Waals surface area contributed by atoms with E-state index in [1.807, 2.05) is 27.7 Å². The van der Waals surface area contributed by atoms with Gasteiger partial charge in [0.25, 0.3) is 5.91 Å². The van der Waals surface area contributed by atoms with E-state index in [4.69, 9.17) is 0 Å². The van der Waals surface area contributed by atoms with Crippen LogP contribution in [0.15, 0.2) is 18.2 Å². The van der Waals surface area contributed by atoms with Crippen LogP contribution in [-0.2, 0) is 0 Å². The number of unbranched alkanes of at least 4 members (excludes halogenated alkanes) is 1. The Hall–Kier alpha value is -2.43. The van der Waals surface area contributed by atoms with Crippen LogP contribution in [0.1, 0.15) is 52.6 Å². The highest BCUT2D eigenvalue weighted by Gasteiger charge is 2.13. The molecule has 0 atom stereocenters. The van der Waals surface area contributed by atoms with E-state index in [1.54, 1.807) is 6.07 Å². The number of nitrogens with zero attached hydrogens (tertiary/aromatic N) is 2. The summed E-state index contributed by atoms with van der Waals surface area (Å²) < 4.78 is 0. The first-order chi connectivity index (χ1) is 11.4. The van der Waals surface area contributed by atoms with E-state index in [0.29, 0.717) is 11.6 Å². The molecule has 0 aliphatic rings. The van der Waals surface area contributed by atoms with Crippen molar-refractivity contribution in [3.8, 4) is 0 Å². The van der Waals surface area contributed by atoms with E-state index in [2.05, 4.69) is 39.7 Å². The maximum absolute atomic E-state index is 12.6. The molecule has 1 aromatic carbocycles. The second kappa shape index (κ2) is 7.90. The van der Waals surface area contributed by atoms with Gasteiger partial charge in [-0.05, 0) is 51.3 Å². The molecule has 0 saturated heterocycles. The zero-order chi connectivity index (χ0) is 17.7. The van der Waals surface area contributed by atoms with Crippen LogP contribution in [0, 0.1) is 27.7 Å². The molecule has 0 saturated carbocycles. The van der Waals surface area contributed by atoms with Crippen LogP contribution in [0.3, 0.4) is 0 Å². The summed E-state index contributed by atoms with van der Waals surface area (Å²) in [5.74, 6) is 0.292. The highest BCUT2D eigenvalue weighted by Crippen LogP contribution is 2.22. The van der Waals surface area contributed by atoms with Gasteiger partial charge in [-0.25, -0.2) is 9.97 Å². The molecule has 2 aromatic rings. The number of carbonyl (C=O) groups excluding carboxylic acids is 1. The molecule has 0 bridgehead atoms. The Morgan fingerprint density at radius 3 is 2.33 bits per heavy atom. The standard InChI is InChI=1S/C19H26N4O/c1-6-7-8-20-19-21-15(5)11-16(22-19)18(24)23-17-13(3)9-12(2)10-14(17)4/h9-11H,6-8H2,1-5H3,(H,23,24)(H,20,21,22). The van der Waals surface area contributed by atoms with Gasteiger partial charge in [0.2, 0.25) is 5.95 Å². The average Bonchev–Trinajstić information content (AvgIpc) is 2.50. The van der Waals surface area contributed by atoms with Crippen molar-refractivity contribution < 1.29 is 4.79 Å². The second-order valence-corrected chi connectivity index (χ2v) is 6.23. The summed E-state index contributed by atoms with van der Waals surface area (Å²) in [6.07, 6.45) is 2.14. The maximum Gasteiger partial charge on any atom is 0.274 e. The maximum atomic E-state index is 12.6. The molecule has 1 heterocycles. The van der Waals surface area contributed by atoms with Gasteiger partial charge in [-0.3, -0.25) is 4.79 Å². The van der Waals surface area contributed by atoms with E-state index in [0.717, 1.165) is 41.9 Å². The number of amides is 1. The van der Waals surface area contributed by atoms with Crippen LogP contribution in [0.5, 0.6) is 0 Å². The van der Waals surface area contributed by atoms with E-state index < -0.39 is 0 Å². The molecule has 1 aromatic heterocycles. The van der Waals surface area contributed by atoms with Crippen LogP contribution in [-0.4, -0.2) is 22.4 Å². The van der Waals surface area contributed by atoms with Crippen LogP contribution in [0.25, 0.3) is 0 Å². The number of benzene rings is 1. The van der Waals surface area contributed by atoms with E-state index >= 15 is 0 Å². The molecule has 0 spiro atoms. The van der Waals surface area contributed by atoms with Gasteiger partial charge in [-0.15, -0.1) is 0 Å². The van der Waals surface area contributed by atoms with Crippen molar-refractivity contribution in [3.05, 3.63) is 46.3 Å². The van der Waals surface area contributed by atoms with Gasteiger partial charge in [0, 0.05) is 17.9 Å². The number of aryl methyl sites for hydroxylation is 4. The summed E-state index contributed by atoms with van der Waals surface area (Å²) in [6, 6.07) is 5.83.